The van der Waals surface area contributed by atoms with Crippen molar-refractivity contribution in [2.24, 2.45) is 4.99 Å². The van der Waals surface area contributed by atoms with Crippen LogP contribution in [0.15, 0.2) is 44.4 Å². The van der Waals surface area contributed by atoms with Gasteiger partial charge in [0.2, 0.25) is 0 Å². The number of thiazole rings is 1. The number of hydrogen-bond donors (Lipinski definition) is 0. The average molecular weight is 416 g/mol. The van der Waals surface area contributed by atoms with Crippen LogP contribution in [-0.4, -0.2) is 24.2 Å². The van der Waals surface area contributed by atoms with Crippen LogP contribution in [0.1, 0.15) is 10.6 Å². The first kappa shape index (κ1) is 16.4. The summed E-state index contributed by atoms with van der Waals surface area (Å²) in [4.78, 5) is 17.0. The van der Waals surface area contributed by atoms with Gasteiger partial charge in [0.1, 0.15) is 0 Å². The van der Waals surface area contributed by atoms with Crippen molar-refractivity contribution in [2.75, 3.05) is 13.7 Å². The Kier molecular flexibility index (Phi) is 5.01. The third-order valence-corrected chi connectivity index (χ3v) is 4.85. The average Bonchev–Trinajstić information content (AvgIpc) is 3.08. The Hall–Kier alpha value is -1.41. The Morgan fingerprint density at radius 3 is 2.96 bits per heavy atom. The Balaban J connectivity index is 2.11. The second kappa shape index (κ2) is 7.00. The Morgan fingerprint density at radius 1 is 1.43 bits per heavy atom. The number of benzene rings is 1. The second-order valence-corrected chi connectivity index (χ2v) is 6.89. The number of nitrogens with zero attached hydrogens (tertiary/aromatic N) is 2. The van der Waals surface area contributed by atoms with Gasteiger partial charge in [-0.05, 0) is 46.3 Å². The molecule has 2 aromatic heterocycles. The lowest BCUT2D eigenvalue weighted by Crippen LogP contribution is -2.19. The van der Waals surface area contributed by atoms with Crippen LogP contribution in [-0.2, 0) is 11.3 Å². The zero-order chi connectivity index (χ0) is 16.4. The summed E-state index contributed by atoms with van der Waals surface area (Å²) in [6.07, 6.45) is 0. The SMILES string of the molecule is COCCn1c(=NC(=O)c2ccc(Br)o2)sc2cc(Cl)ccc21. The van der Waals surface area contributed by atoms with Crippen molar-refractivity contribution in [3.63, 3.8) is 0 Å². The van der Waals surface area contributed by atoms with Gasteiger partial charge in [-0.2, -0.15) is 4.99 Å². The lowest BCUT2D eigenvalue weighted by Gasteiger charge is -2.03. The zero-order valence-corrected chi connectivity index (χ0v) is 15.2. The lowest BCUT2D eigenvalue weighted by atomic mass is 10.3. The van der Waals surface area contributed by atoms with Crippen molar-refractivity contribution in [3.8, 4) is 0 Å². The Labute approximate surface area is 149 Å². The number of amides is 1. The summed E-state index contributed by atoms with van der Waals surface area (Å²) in [6, 6.07) is 8.83. The maximum atomic E-state index is 12.3. The number of fused-ring (bicyclic) bond motifs is 1. The molecule has 120 valence electrons. The molecule has 23 heavy (non-hydrogen) atoms. The maximum absolute atomic E-state index is 12.3. The third-order valence-electron chi connectivity index (χ3n) is 3.14. The number of halogens is 2. The van der Waals surface area contributed by atoms with Crippen molar-refractivity contribution < 1.29 is 13.9 Å². The summed E-state index contributed by atoms with van der Waals surface area (Å²) in [7, 11) is 1.63. The first-order valence-corrected chi connectivity index (χ1v) is 8.69. The number of carbonyl (C=O) groups is 1. The van der Waals surface area contributed by atoms with Crippen LogP contribution in [0, 0.1) is 0 Å². The van der Waals surface area contributed by atoms with Crippen molar-refractivity contribution in [1.29, 1.82) is 0 Å². The first-order valence-electron chi connectivity index (χ1n) is 6.70. The van der Waals surface area contributed by atoms with Gasteiger partial charge < -0.3 is 13.7 Å². The molecular weight excluding hydrogens is 404 g/mol. The molecule has 0 unspecified atom stereocenters. The molecule has 3 aromatic rings. The maximum Gasteiger partial charge on any atom is 0.315 e. The molecule has 0 radical (unpaired) electrons. The molecule has 3 rings (SSSR count). The van der Waals surface area contributed by atoms with Gasteiger partial charge >= 0.3 is 5.91 Å². The molecule has 0 spiro atoms. The number of carbonyl (C=O) groups excluding carboxylic acids is 1. The van der Waals surface area contributed by atoms with Crippen molar-refractivity contribution >= 4 is 55.0 Å². The summed E-state index contributed by atoms with van der Waals surface area (Å²) in [5.74, 6) is -0.245. The Morgan fingerprint density at radius 2 is 2.26 bits per heavy atom. The molecule has 5 nitrogen and oxygen atoms in total. The molecular formula is C15H12BrClN2O3S. The van der Waals surface area contributed by atoms with Crippen LogP contribution in [0.4, 0.5) is 0 Å². The Bertz CT molecular complexity index is 928. The van der Waals surface area contributed by atoms with E-state index in [1.807, 2.05) is 22.8 Å². The lowest BCUT2D eigenvalue weighted by molar-refractivity contribution is 0.0969. The van der Waals surface area contributed by atoms with Gasteiger partial charge in [-0.1, -0.05) is 22.9 Å². The first-order chi connectivity index (χ1) is 11.1. The van der Waals surface area contributed by atoms with E-state index in [0.717, 1.165) is 10.2 Å². The van der Waals surface area contributed by atoms with E-state index in [4.69, 9.17) is 20.8 Å². The molecule has 0 saturated heterocycles. The molecule has 0 saturated carbocycles. The molecule has 1 amide bonds. The van der Waals surface area contributed by atoms with E-state index in [0.29, 0.717) is 27.6 Å². The van der Waals surface area contributed by atoms with E-state index >= 15 is 0 Å². The number of hydrogen-bond acceptors (Lipinski definition) is 4. The third kappa shape index (κ3) is 3.58. The molecule has 0 aliphatic rings. The highest BCUT2D eigenvalue weighted by Gasteiger charge is 2.12. The van der Waals surface area contributed by atoms with Gasteiger partial charge in [-0.3, -0.25) is 4.79 Å². The van der Waals surface area contributed by atoms with Gasteiger partial charge in [0, 0.05) is 18.7 Å². The van der Waals surface area contributed by atoms with Crippen LogP contribution in [0.2, 0.25) is 5.02 Å². The number of ether oxygens (including phenoxy) is 1. The quantitative estimate of drug-likeness (QED) is 0.644. The highest BCUT2D eigenvalue weighted by Crippen LogP contribution is 2.22. The van der Waals surface area contributed by atoms with Crippen LogP contribution in [0.3, 0.4) is 0 Å². The highest BCUT2D eigenvalue weighted by atomic mass is 79.9. The molecule has 0 aliphatic carbocycles. The molecule has 0 bridgehead atoms. The number of methoxy groups -OCH3 is 1. The summed E-state index contributed by atoms with van der Waals surface area (Å²) in [5, 5.41) is 0.644. The fraction of sp³-hybridized carbons (Fsp3) is 0.200. The van der Waals surface area contributed by atoms with Gasteiger partial charge in [-0.15, -0.1) is 0 Å². The van der Waals surface area contributed by atoms with Gasteiger partial charge in [-0.25, -0.2) is 0 Å². The minimum absolute atomic E-state index is 0.186. The van der Waals surface area contributed by atoms with Crippen molar-refractivity contribution in [2.45, 2.75) is 6.54 Å². The van der Waals surface area contributed by atoms with Crippen LogP contribution in [0.25, 0.3) is 10.2 Å². The van der Waals surface area contributed by atoms with E-state index in [1.165, 1.54) is 11.3 Å². The topological polar surface area (TPSA) is 56.7 Å². The smallest absolute Gasteiger partial charge is 0.315 e. The number of aromatic nitrogens is 1. The van der Waals surface area contributed by atoms with Crippen LogP contribution >= 0.6 is 38.9 Å². The number of furan rings is 1. The van der Waals surface area contributed by atoms with E-state index in [9.17, 15) is 4.79 Å². The fourth-order valence-electron chi connectivity index (χ4n) is 2.10. The summed E-state index contributed by atoms with van der Waals surface area (Å²) >= 11 is 10.6. The van der Waals surface area contributed by atoms with Crippen molar-refractivity contribution in [1.82, 2.24) is 4.57 Å². The summed E-state index contributed by atoms with van der Waals surface area (Å²) < 4.78 is 13.8. The van der Waals surface area contributed by atoms with E-state index in [2.05, 4.69) is 20.9 Å². The monoisotopic (exact) mass is 414 g/mol. The van der Waals surface area contributed by atoms with Crippen molar-refractivity contribution in [3.05, 3.63) is 50.6 Å². The molecule has 0 fully saturated rings. The normalized spacial score (nSPS) is 12.2. The second-order valence-electron chi connectivity index (χ2n) is 4.66. The van der Waals surface area contributed by atoms with E-state index in [1.54, 1.807) is 19.2 Å². The number of rotatable bonds is 4. The molecule has 8 heteroatoms. The molecule has 0 atom stereocenters. The predicted molar refractivity (Wildman–Crippen MR) is 93.0 cm³/mol. The fourth-order valence-corrected chi connectivity index (χ4v) is 3.74. The summed E-state index contributed by atoms with van der Waals surface area (Å²) in [6.45, 7) is 1.11. The van der Waals surface area contributed by atoms with E-state index in [-0.39, 0.29) is 5.76 Å². The molecule has 0 aliphatic heterocycles. The molecule has 1 aromatic carbocycles. The van der Waals surface area contributed by atoms with Gasteiger partial charge in [0.05, 0.1) is 16.8 Å². The minimum atomic E-state index is -0.431. The van der Waals surface area contributed by atoms with Crippen LogP contribution in [0.5, 0.6) is 0 Å². The molecule has 2 heterocycles. The van der Waals surface area contributed by atoms with Crippen LogP contribution < -0.4 is 4.80 Å². The van der Waals surface area contributed by atoms with Gasteiger partial charge in [0.25, 0.3) is 0 Å². The summed E-state index contributed by atoms with van der Waals surface area (Å²) in [5.41, 5.74) is 0.962. The largest absolute Gasteiger partial charge is 0.444 e. The molecule has 0 N–H and O–H groups in total. The standard InChI is InChI=1S/C15H12BrClN2O3S/c1-21-7-6-19-10-3-2-9(17)8-12(10)23-15(19)18-14(20)11-4-5-13(16)22-11/h2-5,8H,6-7H2,1H3. The van der Waals surface area contributed by atoms with E-state index < -0.39 is 5.91 Å². The predicted octanol–water partition coefficient (Wildman–Crippen LogP) is 4.10. The minimum Gasteiger partial charge on any atom is -0.444 e. The zero-order valence-electron chi connectivity index (χ0n) is 12.1. The van der Waals surface area contributed by atoms with Gasteiger partial charge in [0.15, 0.2) is 15.2 Å². The highest BCUT2D eigenvalue weighted by molar-refractivity contribution is 9.10.